The van der Waals surface area contributed by atoms with E-state index in [2.05, 4.69) is 20.2 Å². The molecular weight excluding hydrogens is 389 g/mol. The molecule has 0 fully saturated rings. The van der Waals surface area contributed by atoms with E-state index in [1.807, 2.05) is 0 Å². The molecule has 3 aromatic heterocycles. The lowest BCUT2D eigenvalue weighted by molar-refractivity contribution is -0.190. The van der Waals surface area contributed by atoms with Crippen LogP contribution in [0.1, 0.15) is 26.0 Å². The van der Waals surface area contributed by atoms with Crippen molar-refractivity contribution in [3.05, 3.63) is 30.4 Å². The van der Waals surface area contributed by atoms with Crippen molar-refractivity contribution in [3.63, 3.8) is 0 Å². The van der Waals surface area contributed by atoms with E-state index in [4.69, 9.17) is 9.47 Å². The predicted molar refractivity (Wildman–Crippen MR) is 86.3 cm³/mol. The Kier molecular flexibility index (Phi) is 5.29. The molecule has 0 spiro atoms. The molecule has 0 saturated heterocycles. The van der Waals surface area contributed by atoms with Crippen LogP contribution in [0, 0.1) is 0 Å². The molecule has 0 radical (unpaired) electrons. The summed E-state index contributed by atoms with van der Waals surface area (Å²) >= 11 is 0. The highest BCUT2D eigenvalue weighted by Gasteiger charge is 2.39. The summed E-state index contributed by atoms with van der Waals surface area (Å²) in [6.45, 7) is 2.40. The molecule has 3 heterocycles. The SMILES string of the molecule is CCOc1cc(OC(C)C(F)(F)F)nc(C(F)F)c1-c1nnc2cnccn12. The van der Waals surface area contributed by atoms with E-state index in [9.17, 15) is 22.0 Å². The molecule has 3 aromatic rings. The van der Waals surface area contributed by atoms with Gasteiger partial charge >= 0.3 is 6.18 Å². The predicted octanol–water partition coefficient (Wildman–Crippen LogP) is 3.85. The maximum Gasteiger partial charge on any atom is 0.425 e. The van der Waals surface area contributed by atoms with E-state index in [1.54, 1.807) is 6.92 Å². The van der Waals surface area contributed by atoms with E-state index in [0.29, 0.717) is 0 Å². The molecule has 0 amide bonds. The molecule has 1 atom stereocenters. The zero-order valence-corrected chi connectivity index (χ0v) is 14.6. The van der Waals surface area contributed by atoms with Crippen LogP contribution in [0.3, 0.4) is 0 Å². The Morgan fingerprint density at radius 2 is 1.96 bits per heavy atom. The van der Waals surface area contributed by atoms with Crippen molar-refractivity contribution in [2.45, 2.75) is 32.6 Å². The van der Waals surface area contributed by atoms with Crippen LogP contribution in [0.5, 0.6) is 11.6 Å². The highest BCUT2D eigenvalue weighted by molar-refractivity contribution is 5.70. The Labute approximate surface area is 155 Å². The van der Waals surface area contributed by atoms with E-state index >= 15 is 0 Å². The minimum absolute atomic E-state index is 0.0148. The number of hydrogen-bond acceptors (Lipinski definition) is 6. The zero-order valence-electron chi connectivity index (χ0n) is 14.6. The summed E-state index contributed by atoms with van der Waals surface area (Å²) in [5.74, 6) is -0.801. The largest absolute Gasteiger partial charge is 0.493 e. The van der Waals surface area contributed by atoms with Gasteiger partial charge in [-0.05, 0) is 13.8 Å². The summed E-state index contributed by atoms with van der Waals surface area (Å²) in [6, 6.07) is 1.02. The Balaban J connectivity index is 2.18. The maximum atomic E-state index is 13.7. The second-order valence-corrected chi connectivity index (χ2v) is 5.58. The normalized spacial score (nSPS) is 13.1. The molecule has 0 N–H and O–H groups in total. The Hall–Kier alpha value is -3.05. The number of alkyl halides is 5. The fourth-order valence-corrected chi connectivity index (χ4v) is 2.40. The number of halogens is 5. The van der Waals surface area contributed by atoms with Crippen molar-refractivity contribution in [3.8, 4) is 23.0 Å². The van der Waals surface area contributed by atoms with Crippen LogP contribution in [0.2, 0.25) is 0 Å². The van der Waals surface area contributed by atoms with Crippen LogP contribution in [-0.4, -0.2) is 43.5 Å². The second kappa shape index (κ2) is 7.52. The minimum Gasteiger partial charge on any atom is -0.493 e. The summed E-state index contributed by atoms with van der Waals surface area (Å²) < 4.78 is 77.2. The number of nitrogens with zero attached hydrogens (tertiary/aromatic N) is 5. The van der Waals surface area contributed by atoms with Crippen LogP contribution in [-0.2, 0) is 0 Å². The first kappa shape index (κ1) is 19.7. The van der Waals surface area contributed by atoms with Gasteiger partial charge in [0.1, 0.15) is 11.4 Å². The number of aromatic nitrogens is 5. The maximum absolute atomic E-state index is 13.7. The molecule has 150 valence electrons. The molecular formula is C16H14F5N5O2. The monoisotopic (exact) mass is 403 g/mol. The van der Waals surface area contributed by atoms with Gasteiger partial charge in [0, 0.05) is 18.5 Å². The first-order chi connectivity index (χ1) is 13.2. The number of fused-ring (bicyclic) bond motifs is 1. The molecule has 0 aliphatic heterocycles. The topological polar surface area (TPSA) is 74.4 Å². The highest BCUT2D eigenvalue weighted by atomic mass is 19.4. The standard InChI is InChI=1S/C16H14F5N5O2/c1-3-27-9-6-11(28-8(2)16(19,20)21)23-13(14(17)18)12(9)15-25-24-10-7-22-4-5-26(10)15/h4-8,14H,3H2,1-2H3. The van der Waals surface area contributed by atoms with Crippen LogP contribution in [0.15, 0.2) is 24.7 Å². The number of rotatable bonds is 6. The van der Waals surface area contributed by atoms with E-state index < -0.39 is 30.3 Å². The summed E-state index contributed by atoms with van der Waals surface area (Å²) in [7, 11) is 0. The van der Waals surface area contributed by atoms with E-state index in [0.717, 1.165) is 13.0 Å². The number of hydrogen-bond donors (Lipinski definition) is 0. The number of ether oxygens (including phenoxy) is 2. The third-order valence-corrected chi connectivity index (χ3v) is 3.69. The Bertz CT molecular complexity index is 976. The van der Waals surface area contributed by atoms with Gasteiger partial charge in [0.2, 0.25) is 5.88 Å². The van der Waals surface area contributed by atoms with Gasteiger partial charge in [-0.25, -0.2) is 13.8 Å². The van der Waals surface area contributed by atoms with Gasteiger partial charge in [-0.15, -0.1) is 10.2 Å². The van der Waals surface area contributed by atoms with Gasteiger partial charge in [0.15, 0.2) is 17.6 Å². The van der Waals surface area contributed by atoms with Crippen molar-refractivity contribution >= 4 is 5.65 Å². The molecule has 12 heteroatoms. The first-order valence-corrected chi connectivity index (χ1v) is 8.06. The van der Waals surface area contributed by atoms with Gasteiger partial charge in [-0.2, -0.15) is 13.2 Å². The lowest BCUT2D eigenvalue weighted by atomic mass is 10.1. The fraction of sp³-hybridized carbons (Fsp3) is 0.375. The molecule has 28 heavy (non-hydrogen) atoms. The van der Waals surface area contributed by atoms with Gasteiger partial charge < -0.3 is 9.47 Å². The fourth-order valence-electron chi connectivity index (χ4n) is 2.40. The second-order valence-electron chi connectivity index (χ2n) is 5.58. The van der Waals surface area contributed by atoms with Gasteiger partial charge in [0.05, 0.1) is 18.4 Å². The molecule has 0 saturated carbocycles. The molecule has 0 bridgehead atoms. The third kappa shape index (κ3) is 3.80. The smallest absolute Gasteiger partial charge is 0.425 e. The molecule has 3 rings (SSSR count). The van der Waals surface area contributed by atoms with Crippen LogP contribution in [0.25, 0.3) is 17.0 Å². The average molecular weight is 403 g/mol. The third-order valence-electron chi connectivity index (χ3n) is 3.69. The first-order valence-electron chi connectivity index (χ1n) is 8.06. The highest BCUT2D eigenvalue weighted by Crippen LogP contribution is 2.39. The zero-order chi connectivity index (χ0) is 20.5. The summed E-state index contributed by atoms with van der Waals surface area (Å²) in [6.07, 6.45) is -5.84. The van der Waals surface area contributed by atoms with Crippen LogP contribution >= 0.6 is 0 Å². The van der Waals surface area contributed by atoms with Gasteiger partial charge in [0.25, 0.3) is 6.43 Å². The lowest BCUT2D eigenvalue weighted by Crippen LogP contribution is -2.31. The summed E-state index contributed by atoms with van der Waals surface area (Å²) in [5.41, 5.74) is -0.741. The molecule has 0 aromatic carbocycles. The quantitative estimate of drug-likeness (QED) is 0.582. The minimum atomic E-state index is -4.69. The van der Waals surface area contributed by atoms with E-state index in [-0.39, 0.29) is 29.4 Å². The lowest BCUT2D eigenvalue weighted by Gasteiger charge is -2.19. The molecule has 0 aliphatic carbocycles. The van der Waals surface area contributed by atoms with E-state index in [1.165, 1.54) is 23.0 Å². The average Bonchev–Trinajstić information content (AvgIpc) is 3.04. The molecule has 0 aliphatic rings. The van der Waals surface area contributed by atoms with Crippen LogP contribution in [0.4, 0.5) is 22.0 Å². The van der Waals surface area contributed by atoms with Crippen molar-refractivity contribution in [1.29, 1.82) is 0 Å². The Morgan fingerprint density at radius 1 is 1.21 bits per heavy atom. The summed E-state index contributed by atoms with van der Waals surface area (Å²) in [5, 5.41) is 7.72. The van der Waals surface area contributed by atoms with Crippen molar-refractivity contribution < 1.29 is 31.4 Å². The summed E-state index contributed by atoms with van der Waals surface area (Å²) in [4.78, 5) is 7.44. The van der Waals surface area contributed by atoms with Crippen molar-refractivity contribution in [2.75, 3.05) is 6.61 Å². The van der Waals surface area contributed by atoms with Crippen LogP contribution < -0.4 is 9.47 Å². The van der Waals surface area contributed by atoms with Crippen molar-refractivity contribution in [1.82, 2.24) is 24.6 Å². The molecule has 1 unspecified atom stereocenters. The van der Waals surface area contributed by atoms with Gasteiger partial charge in [-0.3, -0.25) is 9.38 Å². The van der Waals surface area contributed by atoms with Crippen molar-refractivity contribution in [2.24, 2.45) is 0 Å². The number of pyridine rings is 1. The molecule has 7 nitrogen and oxygen atoms in total. The Morgan fingerprint density at radius 3 is 2.61 bits per heavy atom. The van der Waals surface area contributed by atoms with Gasteiger partial charge in [-0.1, -0.05) is 0 Å².